The molecule has 7 heteroatoms. The zero-order chi connectivity index (χ0) is 13.4. The van der Waals surface area contributed by atoms with Crippen LogP contribution in [0.2, 0.25) is 0 Å². The summed E-state index contributed by atoms with van der Waals surface area (Å²) < 4.78 is 10.1. The minimum atomic E-state index is 0. The smallest absolute Gasteiger partial charge is 0.218 e. The number of nitrogens with two attached hydrogens (primary N) is 1. The van der Waals surface area contributed by atoms with Crippen molar-refractivity contribution in [3.05, 3.63) is 23.9 Å². The number of aromatic nitrogens is 1. The Hall–Kier alpha value is -1.09. The quantitative estimate of drug-likeness (QED) is 0.440. The molecule has 0 spiro atoms. The van der Waals surface area contributed by atoms with Gasteiger partial charge in [0.2, 0.25) is 5.88 Å². The number of aliphatic imine (C=N–C) groups is 1. The van der Waals surface area contributed by atoms with Gasteiger partial charge in [0, 0.05) is 24.9 Å². The minimum Gasteiger partial charge on any atom is -0.481 e. The van der Waals surface area contributed by atoms with Gasteiger partial charge in [0.15, 0.2) is 5.96 Å². The Morgan fingerprint density at radius 2 is 2.26 bits per heavy atom. The number of nitrogens with one attached hydrogen (secondary N) is 1. The molecular weight excluding hydrogens is 359 g/mol. The fourth-order valence-corrected chi connectivity index (χ4v) is 1.49. The minimum absolute atomic E-state index is 0. The van der Waals surface area contributed by atoms with E-state index in [1.807, 2.05) is 19.1 Å². The number of halogens is 1. The Morgan fingerprint density at radius 1 is 1.53 bits per heavy atom. The molecule has 0 aromatic carbocycles. The number of hydrogen-bond acceptors (Lipinski definition) is 4. The summed E-state index contributed by atoms with van der Waals surface area (Å²) in [6.45, 7) is 2.97. The Balaban J connectivity index is 0.00000324. The van der Waals surface area contributed by atoms with Crippen molar-refractivity contribution in [1.82, 2.24) is 10.3 Å². The summed E-state index contributed by atoms with van der Waals surface area (Å²) >= 11 is 0. The predicted molar refractivity (Wildman–Crippen MR) is 86.0 cm³/mol. The molecule has 108 valence electrons. The summed E-state index contributed by atoms with van der Waals surface area (Å²) in [6.07, 6.45) is 1.67. The van der Waals surface area contributed by atoms with Crippen molar-refractivity contribution in [3.8, 4) is 5.88 Å². The predicted octanol–water partition coefficient (Wildman–Crippen LogP) is 1.15. The number of hydrogen-bond donors (Lipinski definition) is 2. The standard InChI is InChI=1S/C12H20N4O2.HI/c1-9(8-17-2)16-12(13)15-7-10-5-4-6-14-11(10)18-3;/h4-6,9H,7-8H2,1-3H3,(H3,13,15,16);1H. The zero-order valence-corrected chi connectivity index (χ0v) is 13.8. The van der Waals surface area contributed by atoms with E-state index in [1.165, 1.54) is 0 Å². The normalized spacial score (nSPS) is 12.5. The van der Waals surface area contributed by atoms with E-state index in [0.717, 1.165) is 5.56 Å². The molecule has 0 aliphatic heterocycles. The molecule has 1 rings (SSSR count). The van der Waals surface area contributed by atoms with Crippen LogP contribution in [-0.4, -0.2) is 37.8 Å². The number of rotatable bonds is 6. The molecule has 0 bridgehead atoms. The van der Waals surface area contributed by atoms with Gasteiger partial charge in [-0.1, -0.05) is 6.07 Å². The highest BCUT2D eigenvalue weighted by atomic mass is 127. The van der Waals surface area contributed by atoms with Crippen molar-refractivity contribution in [2.75, 3.05) is 20.8 Å². The van der Waals surface area contributed by atoms with Crippen molar-refractivity contribution in [1.29, 1.82) is 0 Å². The number of pyridine rings is 1. The average Bonchev–Trinajstić information content (AvgIpc) is 2.37. The summed E-state index contributed by atoms with van der Waals surface area (Å²) in [6, 6.07) is 3.86. The lowest BCUT2D eigenvalue weighted by molar-refractivity contribution is 0.179. The molecular formula is C12H21IN4O2. The van der Waals surface area contributed by atoms with Gasteiger partial charge in [-0.25, -0.2) is 9.98 Å². The number of ether oxygens (including phenoxy) is 2. The third-order valence-electron chi connectivity index (χ3n) is 2.27. The first-order valence-corrected chi connectivity index (χ1v) is 5.70. The van der Waals surface area contributed by atoms with E-state index >= 15 is 0 Å². The van der Waals surface area contributed by atoms with Gasteiger partial charge in [0.1, 0.15) is 0 Å². The average molecular weight is 380 g/mol. The van der Waals surface area contributed by atoms with Crippen LogP contribution >= 0.6 is 24.0 Å². The molecule has 1 aromatic rings. The van der Waals surface area contributed by atoms with Gasteiger partial charge >= 0.3 is 0 Å². The van der Waals surface area contributed by atoms with E-state index in [0.29, 0.717) is 25.0 Å². The van der Waals surface area contributed by atoms with E-state index in [9.17, 15) is 0 Å². The maximum atomic E-state index is 5.77. The lowest BCUT2D eigenvalue weighted by atomic mass is 10.3. The summed E-state index contributed by atoms with van der Waals surface area (Å²) in [5, 5.41) is 3.03. The number of nitrogens with zero attached hydrogens (tertiary/aromatic N) is 2. The molecule has 0 aliphatic carbocycles. The highest BCUT2D eigenvalue weighted by Crippen LogP contribution is 2.14. The van der Waals surface area contributed by atoms with Crippen LogP contribution in [0.4, 0.5) is 0 Å². The summed E-state index contributed by atoms with van der Waals surface area (Å²) in [4.78, 5) is 8.33. The molecule has 1 aromatic heterocycles. The first kappa shape index (κ1) is 17.9. The number of methoxy groups -OCH3 is 2. The molecule has 1 heterocycles. The van der Waals surface area contributed by atoms with Crippen molar-refractivity contribution in [2.45, 2.75) is 19.5 Å². The maximum Gasteiger partial charge on any atom is 0.218 e. The van der Waals surface area contributed by atoms with Gasteiger partial charge in [0.25, 0.3) is 0 Å². The van der Waals surface area contributed by atoms with Crippen molar-refractivity contribution in [3.63, 3.8) is 0 Å². The molecule has 6 nitrogen and oxygen atoms in total. The maximum absolute atomic E-state index is 5.77. The van der Waals surface area contributed by atoms with Crippen LogP contribution in [0, 0.1) is 0 Å². The van der Waals surface area contributed by atoms with Crippen LogP contribution in [0.3, 0.4) is 0 Å². The van der Waals surface area contributed by atoms with E-state index in [1.54, 1.807) is 20.4 Å². The molecule has 19 heavy (non-hydrogen) atoms. The Labute approximate surface area is 130 Å². The van der Waals surface area contributed by atoms with E-state index in [2.05, 4.69) is 15.3 Å². The molecule has 1 unspecified atom stereocenters. The zero-order valence-electron chi connectivity index (χ0n) is 11.4. The van der Waals surface area contributed by atoms with Crippen molar-refractivity contribution in [2.24, 2.45) is 10.7 Å². The van der Waals surface area contributed by atoms with Gasteiger partial charge < -0.3 is 20.5 Å². The third-order valence-corrected chi connectivity index (χ3v) is 2.27. The molecule has 0 amide bonds. The second-order valence-electron chi connectivity index (χ2n) is 3.87. The molecule has 3 N–H and O–H groups in total. The van der Waals surface area contributed by atoms with E-state index < -0.39 is 0 Å². The highest BCUT2D eigenvalue weighted by Gasteiger charge is 2.04. The second-order valence-corrected chi connectivity index (χ2v) is 3.87. The molecule has 0 aliphatic rings. The van der Waals surface area contributed by atoms with Gasteiger partial charge in [-0.3, -0.25) is 0 Å². The first-order chi connectivity index (χ1) is 8.67. The van der Waals surface area contributed by atoms with Gasteiger partial charge in [0.05, 0.1) is 20.3 Å². The van der Waals surface area contributed by atoms with Crippen LogP contribution in [0.25, 0.3) is 0 Å². The van der Waals surface area contributed by atoms with Crippen molar-refractivity contribution < 1.29 is 9.47 Å². The Bertz CT molecular complexity index is 401. The molecule has 1 atom stereocenters. The molecule has 0 saturated carbocycles. The van der Waals surface area contributed by atoms with Crippen LogP contribution in [-0.2, 0) is 11.3 Å². The fourth-order valence-electron chi connectivity index (χ4n) is 1.49. The van der Waals surface area contributed by atoms with Gasteiger partial charge in [-0.05, 0) is 13.0 Å². The van der Waals surface area contributed by atoms with Crippen LogP contribution in [0.15, 0.2) is 23.3 Å². The molecule has 0 radical (unpaired) electrons. The Morgan fingerprint density at radius 3 is 2.89 bits per heavy atom. The second kappa shape index (κ2) is 9.79. The lowest BCUT2D eigenvalue weighted by Gasteiger charge is -2.13. The number of guanidine groups is 1. The molecule has 0 fully saturated rings. The largest absolute Gasteiger partial charge is 0.481 e. The summed E-state index contributed by atoms with van der Waals surface area (Å²) in [7, 11) is 3.23. The van der Waals surface area contributed by atoms with E-state index in [4.69, 9.17) is 15.2 Å². The molecule has 0 saturated heterocycles. The third kappa shape index (κ3) is 6.58. The van der Waals surface area contributed by atoms with Gasteiger partial charge in [-0.15, -0.1) is 24.0 Å². The fraction of sp³-hybridized carbons (Fsp3) is 0.500. The van der Waals surface area contributed by atoms with Crippen LogP contribution in [0.1, 0.15) is 12.5 Å². The monoisotopic (exact) mass is 380 g/mol. The highest BCUT2D eigenvalue weighted by molar-refractivity contribution is 14.0. The summed E-state index contributed by atoms with van der Waals surface area (Å²) in [5.74, 6) is 0.949. The SMILES string of the molecule is COCC(C)NC(N)=NCc1cccnc1OC.I. The van der Waals surface area contributed by atoms with E-state index in [-0.39, 0.29) is 30.0 Å². The Kier molecular flexibility index (Phi) is 9.23. The lowest BCUT2D eigenvalue weighted by Crippen LogP contribution is -2.40. The first-order valence-electron chi connectivity index (χ1n) is 5.70. The van der Waals surface area contributed by atoms with Crippen LogP contribution in [0.5, 0.6) is 5.88 Å². The van der Waals surface area contributed by atoms with Crippen molar-refractivity contribution >= 4 is 29.9 Å². The van der Waals surface area contributed by atoms with Crippen LogP contribution < -0.4 is 15.8 Å². The van der Waals surface area contributed by atoms with Gasteiger partial charge in [-0.2, -0.15) is 0 Å². The topological polar surface area (TPSA) is 81.8 Å². The summed E-state index contributed by atoms with van der Waals surface area (Å²) in [5.41, 5.74) is 6.66.